The third-order valence-electron chi connectivity index (χ3n) is 3.03. The van der Waals surface area contributed by atoms with E-state index in [2.05, 4.69) is 24.1 Å². The second-order valence-electron chi connectivity index (χ2n) is 4.10. The number of nitro benzene ring substituents is 1. The summed E-state index contributed by atoms with van der Waals surface area (Å²) in [5.74, 6) is 0.494. The van der Waals surface area contributed by atoms with E-state index in [9.17, 15) is 10.1 Å². The molecule has 0 saturated heterocycles. The van der Waals surface area contributed by atoms with Crippen LogP contribution in [-0.2, 0) is 0 Å². The fourth-order valence-electron chi connectivity index (χ4n) is 1.83. The lowest BCUT2D eigenvalue weighted by atomic mass is 10.2. The molecular weight excluding hydrogens is 246 g/mol. The largest absolute Gasteiger partial charge is 0.494 e. The van der Waals surface area contributed by atoms with E-state index in [1.54, 1.807) is 6.07 Å². The zero-order chi connectivity index (χ0) is 14.3. The van der Waals surface area contributed by atoms with Crippen molar-refractivity contribution in [2.45, 2.75) is 13.8 Å². The highest BCUT2D eigenvalue weighted by molar-refractivity contribution is 5.60. The fraction of sp³-hybridized carbons (Fsp3) is 0.538. The molecular formula is C13H21N3O3. The van der Waals surface area contributed by atoms with Gasteiger partial charge in [0, 0.05) is 19.2 Å². The van der Waals surface area contributed by atoms with Crippen molar-refractivity contribution in [3.05, 3.63) is 28.3 Å². The number of likely N-dealkylation sites (N-methyl/N-ethyl adjacent to an activating group) is 1. The third kappa shape index (κ3) is 4.40. The Morgan fingerprint density at radius 1 is 1.37 bits per heavy atom. The molecule has 6 heteroatoms. The minimum Gasteiger partial charge on any atom is -0.494 e. The number of hydrogen-bond acceptors (Lipinski definition) is 5. The Balaban J connectivity index is 2.65. The van der Waals surface area contributed by atoms with Crippen LogP contribution in [0, 0.1) is 10.1 Å². The highest BCUT2D eigenvalue weighted by atomic mass is 16.6. The van der Waals surface area contributed by atoms with Gasteiger partial charge in [0.2, 0.25) is 0 Å². The van der Waals surface area contributed by atoms with Gasteiger partial charge in [0.1, 0.15) is 5.75 Å². The highest BCUT2D eigenvalue weighted by Crippen LogP contribution is 2.28. The minimum absolute atomic E-state index is 0.0335. The van der Waals surface area contributed by atoms with Crippen molar-refractivity contribution in [1.29, 1.82) is 0 Å². The van der Waals surface area contributed by atoms with E-state index in [0.717, 1.165) is 31.9 Å². The van der Waals surface area contributed by atoms with Crippen LogP contribution in [0.5, 0.6) is 5.75 Å². The number of benzene rings is 1. The summed E-state index contributed by atoms with van der Waals surface area (Å²) in [5.41, 5.74) is 0.811. The van der Waals surface area contributed by atoms with Crippen LogP contribution in [0.15, 0.2) is 18.2 Å². The number of hydrogen-bond donors (Lipinski definition) is 1. The van der Waals surface area contributed by atoms with E-state index in [1.807, 2.05) is 0 Å². The molecule has 0 aliphatic heterocycles. The summed E-state index contributed by atoms with van der Waals surface area (Å²) in [4.78, 5) is 12.6. The molecule has 0 heterocycles. The van der Waals surface area contributed by atoms with Gasteiger partial charge in [0.15, 0.2) is 0 Å². The Hall–Kier alpha value is -1.82. The molecule has 1 aromatic carbocycles. The fourth-order valence-corrected chi connectivity index (χ4v) is 1.83. The van der Waals surface area contributed by atoms with Crippen molar-refractivity contribution in [1.82, 2.24) is 4.90 Å². The number of rotatable bonds is 8. The maximum Gasteiger partial charge on any atom is 0.273 e. The van der Waals surface area contributed by atoms with Crippen LogP contribution < -0.4 is 10.1 Å². The van der Waals surface area contributed by atoms with Crippen molar-refractivity contribution >= 4 is 11.4 Å². The SMILES string of the molecule is CCN(CC)CCNc1ccc([N+](=O)[O-])cc1OC. The zero-order valence-electron chi connectivity index (χ0n) is 11.7. The average molecular weight is 267 g/mol. The maximum absolute atomic E-state index is 10.7. The highest BCUT2D eigenvalue weighted by Gasteiger charge is 2.11. The Bertz CT molecular complexity index is 420. The predicted octanol–water partition coefficient (Wildman–Crippen LogP) is 2.36. The standard InChI is InChI=1S/C13H21N3O3/c1-4-15(5-2)9-8-14-12-7-6-11(16(17)18)10-13(12)19-3/h6-7,10,14H,4-5,8-9H2,1-3H3. The second kappa shape index (κ2) is 7.58. The first-order valence-corrected chi connectivity index (χ1v) is 6.41. The summed E-state index contributed by atoms with van der Waals surface area (Å²) in [6.45, 7) is 7.96. The topological polar surface area (TPSA) is 67.6 Å². The van der Waals surface area contributed by atoms with Crippen LogP contribution in [0.1, 0.15) is 13.8 Å². The average Bonchev–Trinajstić information content (AvgIpc) is 2.43. The molecule has 0 amide bonds. The van der Waals surface area contributed by atoms with Crippen molar-refractivity contribution in [3.63, 3.8) is 0 Å². The molecule has 0 spiro atoms. The molecule has 19 heavy (non-hydrogen) atoms. The molecule has 0 aliphatic rings. The van der Waals surface area contributed by atoms with E-state index in [4.69, 9.17) is 4.74 Å². The van der Waals surface area contributed by atoms with Gasteiger partial charge in [0.05, 0.1) is 23.8 Å². The number of nitrogens with zero attached hydrogens (tertiary/aromatic N) is 2. The smallest absolute Gasteiger partial charge is 0.273 e. The van der Waals surface area contributed by atoms with Gasteiger partial charge in [-0.2, -0.15) is 0 Å². The number of nitrogens with one attached hydrogen (secondary N) is 1. The van der Waals surface area contributed by atoms with Gasteiger partial charge in [-0.1, -0.05) is 13.8 Å². The molecule has 1 aromatic rings. The lowest BCUT2D eigenvalue weighted by Crippen LogP contribution is -2.28. The number of non-ortho nitro benzene ring substituents is 1. The van der Waals surface area contributed by atoms with Crippen LogP contribution in [0.4, 0.5) is 11.4 Å². The van der Waals surface area contributed by atoms with Crippen molar-refractivity contribution < 1.29 is 9.66 Å². The number of nitro groups is 1. The first kappa shape index (κ1) is 15.2. The molecule has 0 bridgehead atoms. The first-order chi connectivity index (χ1) is 9.12. The lowest BCUT2D eigenvalue weighted by molar-refractivity contribution is -0.384. The van der Waals surface area contributed by atoms with E-state index < -0.39 is 4.92 Å². The van der Waals surface area contributed by atoms with E-state index in [1.165, 1.54) is 19.2 Å². The molecule has 6 nitrogen and oxygen atoms in total. The number of ether oxygens (including phenoxy) is 1. The van der Waals surface area contributed by atoms with E-state index in [-0.39, 0.29) is 5.69 Å². The van der Waals surface area contributed by atoms with E-state index in [0.29, 0.717) is 5.75 Å². The molecule has 1 N–H and O–H groups in total. The van der Waals surface area contributed by atoms with E-state index >= 15 is 0 Å². The molecule has 1 rings (SSSR count). The number of anilines is 1. The van der Waals surface area contributed by atoms with Gasteiger partial charge in [-0.05, 0) is 19.2 Å². The molecule has 0 aromatic heterocycles. The van der Waals surface area contributed by atoms with Crippen LogP contribution in [0.2, 0.25) is 0 Å². The maximum atomic E-state index is 10.7. The van der Waals surface area contributed by atoms with Gasteiger partial charge in [-0.15, -0.1) is 0 Å². The molecule has 0 saturated carbocycles. The van der Waals surface area contributed by atoms with Crippen LogP contribution in [-0.4, -0.2) is 43.1 Å². The van der Waals surface area contributed by atoms with Crippen molar-refractivity contribution in [2.24, 2.45) is 0 Å². The molecule has 0 aliphatic carbocycles. The quantitative estimate of drug-likeness (QED) is 0.578. The van der Waals surface area contributed by atoms with Crippen LogP contribution in [0.25, 0.3) is 0 Å². The summed E-state index contributed by atoms with van der Waals surface area (Å²) in [5, 5.41) is 13.9. The molecule has 0 unspecified atom stereocenters. The van der Waals surface area contributed by atoms with Crippen LogP contribution >= 0.6 is 0 Å². The summed E-state index contributed by atoms with van der Waals surface area (Å²) >= 11 is 0. The predicted molar refractivity (Wildman–Crippen MR) is 75.9 cm³/mol. The monoisotopic (exact) mass is 267 g/mol. The normalized spacial score (nSPS) is 10.5. The Morgan fingerprint density at radius 2 is 2.05 bits per heavy atom. The zero-order valence-corrected chi connectivity index (χ0v) is 11.7. The Kier molecular flexibility index (Phi) is 6.08. The Morgan fingerprint density at radius 3 is 2.58 bits per heavy atom. The minimum atomic E-state index is -0.428. The summed E-state index contributed by atoms with van der Waals surface area (Å²) in [6, 6.07) is 4.58. The molecule has 0 atom stereocenters. The van der Waals surface area contributed by atoms with Crippen molar-refractivity contribution in [2.75, 3.05) is 38.6 Å². The molecule has 106 valence electrons. The number of methoxy groups -OCH3 is 1. The summed E-state index contributed by atoms with van der Waals surface area (Å²) in [7, 11) is 1.51. The van der Waals surface area contributed by atoms with Gasteiger partial charge >= 0.3 is 0 Å². The van der Waals surface area contributed by atoms with Crippen molar-refractivity contribution in [3.8, 4) is 5.75 Å². The lowest BCUT2D eigenvalue weighted by Gasteiger charge is -2.19. The van der Waals surface area contributed by atoms with Gasteiger partial charge < -0.3 is 15.0 Å². The summed E-state index contributed by atoms with van der Waals surface area (Å²) < 4.78 is 5.17. The molecule has 0 radical (unpaired) electrons. The molecule has 0 fully saturated rings. The third-order valence-corrected chi connectivity index (χ3v) is 3.03. The van der Waals surface area contributed by atoms with Gasteiger partial charge in [-0.25, -0.2) is 0 Å². The van der Waals surface area contributed by atoms with Crippen LogP contribution in [0.3, 0.4) is 0 Å². The first-order valence-electron chi connectivity index (χ1n) is 6.41. The van der Waals surface area contributed by atoms with Gasteiger partial charge in [0.25, 0.3) is 5.69 Å². The second-order valence-corrected chi connectivity index (χ2v) is 4.10. The Labute approximate surface area is 113 Å². The summed E-state index contributed by atoms with van der Waals surface area (Å²) in [6.07, 6.45) is 0. The van der Waals surface area contributed by atoms with Gasteiger partial charge in [-0.3, -0.25) is 10.1 Å².